The lowest BCUT2D eigenvalue weighted by atomic mass is 10.4. The van der Waals surface area contributed by atoms with E-state index in [0.717, 1.165) is 11.5 Å². The summed E-state index contributed by atoms with van der Waals surface area (Å²) in [5.41, 5.74) is 4.95. The number of nitrogens with two attached hydrogens (primary N) is 1. The Morgan fingerprint density at radius 2 is 2.50 bits per heavy atom. The lowest BCUT2D eigenvalue weighted by Crippen LogP contribution is -2.16. The SMILES string of the molecule is CCO/N=C(/C(=O)O)c1nsc(N)n1. The van der Waals surface area contributed by atoms with Crippen molar-refractivity contribution in [3.05, 3.63) is 5.82 Å². The summed E-state index contributed by atoms with van der Waals surface area (Å²) in [5.74, 6) is -1.29. The van der Waals surface area contributed by atoms with Gasteiger partial charge in [0, 0.05) is 11.5 Å². The van der Waals surface area contributed by atoms with Gasteiger partial charge in [-0.1, -0.05) is 5.16 Å². The van der Waals surface area contributed by atoms with Gasteiger partial charge in [0.25, 0.3) is 0 Å². The standard InChI is InChI=1S/C6H8N4O3S/c1-2-13-9-3(5(11)12)4-8-6(7)14-10-4/h2H2,1H3,(H,11,12)(H2,7,8,10)/b9-3+. The fourth-order valence-electron chi connectivity index (χ4n) is 0.636. The van der Waals surface area contributed by atoms with E-state index < -0.39 is 5.97 Å². The molecule has 0 atom stereocenters. The van der Waals surface area contributed by atoms with Crippen molar-refractivity contribution in [3.63, 3.8) is 0 Å². The van der Waals surface area contributed by atoms with Gasteiger partial charge in [0.15, 0.2) is 5.13 Å². The minimum atomic E-state index is -1.25. The van der Waals surface area contributed by atoms with Gasteiger partial charge in [0.2, 0.25) is 11.5 Å². The van der Waals surface area contributed by atoms with E-state index in [2.05, 4.69) is 19.4 Å². The van der Waals surface area contributed by atoms with Crippen LogP contribution in [0.2, 0.25) is 0 Å². The number of carbonyl (C=O) groups is 1. The highest BCUT2D eigenvalue weighted by Crippen LogP contribution is 2.07. The Labute approximate surface area is 83.4 Å². The second-order valence-electron chi connectivity index (χ2n) is 2.12. The van der Waals surface area contributed by atoms with Crippen LogP contribution >= 0.6 is 11.5 Å². The molecular weight excluding hydrogens is 208 g/mol. The van der Waals surface area contributed by atoms with Crippen molar-refractivity contribution in [1.82, 2.24) is 9.36 Å². The van der Waals surface area contributed by atoms with E-state index in [1.54, 1.807) is 6.92 Å². The fourth-order valence-corrected chi connectivity index (χ4v) is 1.07. The van der Waals surface area contributed by atoms with E-state index >= 15 is 0 Å². The van der Waals surface area contributed by atoms with Crippen LogP contribution < -0.4 is 5.73 Å². The molecule has 0 bridgehead atoms. The minimum absolute atomic E-state index is 0.0338. The Morgan fingerprint density at radius 3 is 2.93 bits per heavy atom. The highest BCUT2D eigenvalue weighted by Gasteiger charge is 2.18. The van der Waals surface area contributed by atoms with E-state index in [1.807, 2.05) is 0 Å². The van der Waals surface area contributed by atoms with Crippen LogP contribution in [0.15, 0.2) is 5.16 Å². The van der Waals surface area contributed by atoms with Gasteiger partial charge in [-0.2, -0.15) is 9.36 Å². The first-order chi connectivity index (χ1) is 6.65. The summed E-state index contributed by atoms with van der Waals surface area (Å²) in [6, 6.07) is 0. The summed E-state index contributed by atoms with van der Waals surface area (Å²) >= 11 is 0.901. The molecule has 0 fully saturated rings. The Bertz CT molecular complexity index is 362. The summed E-state index contributed by atoms with van der Waals surface area (Å²) in [7, 11) is 0. The van der Waals surface area contributed by atoms with Crippen LogP contribution in [-0.2, 0) is 9.63 Å². The third-order valence-electron chi connectivity index (χ3n) is 1.14. The highest BCUT2D eigenvalue weighted by atomic mass is 32.1. The Kier molecular flexibility index (Phi) is 3.35. The summed E-state index contributed by atoms with van der Waals surface area (Å²) in [4.78, 5) is 19.0. The molecule has 1 rings (SSSR count). The number of carboxylic acid groups (broad SMARTS) is 1. The van der Waals surface area contributed by atoms with Crippen LogP contribution in [0.3, 0.4) is 0 Å². The molecule has 0 aliphatic carbocycles. The number of oxime groups is 1. The van der Waals surface area contributed by atoms with Gasteiger partial charge in [0.1, 0.15) is 6.61 Å². The first-order valence-electron chi connectivity index (χ1n) is 3.68. The molecule has 0 aromatic carbocycles. The largest absolute Gasteiger partial charge is 0.476 e. The van der Waals surface area contributed by atoms with Crippen molar-refractivity contribution in [2.24, 2.45) is 5.16 Å². The summed E-state index contributed by atoms with van der Waals surface area (Å²) in [6.45, 7) is 1.96. The molecule has 1 aromatic rings. The third kappa shape index (κ3) is 2.39. The molecule has 0 radical (unpaired) electrons. The van der Waals surface area contributed by atoms with Crippen LogP contribution in [0.5, 0.6) is 0 Å². The molecule has 76 valence electrons. The molecule has 1 aromatic heterocycles. The Morgan fingerprint density at radius 1 is 1.79 bits per heavy atom. The van der Waals surface area contributed by atoms with Gasteiger partial charge >= 0.3 is 5.97 Å². The Balaban J connectivity index is 2.94. The van der Waals surface area contributed by atoms with Crippen molar-refractivity contribution >= 4 is 28.3 Å². The fraction of sp³-hybridized carbons (Fsp3) is 0.333. The van der Waals surface area contributed by atoms with Gasteiger partial charge in [-0.25, -0.2) is 4.79 Å². The molecule has 1 heterocycles. The van der Waals surface area contributed by atoms with Crippen molar-refractivity contribution in [2.45, 2.75) is 6.92 Å². The average Bonchev–Trinajstić information content (AvgIpc) is 2.52. The lowest BCUT2D eigenvalue weighted by Gasteiger charge is -1.95. The number of hydrogen-bond donors (Lipinski definition) is 2. The molecule has 7 nitrogen and oxygen atoms in total. The molecule has 0 spiro atoms. The van der Waals surface area contributed by atoms with Crippen molar-refractivity contribution in [1.29, 1.82) is 0 Å². The Hall–Kier alpha value is -1.70. The number of nitrogen functional groups attached to an aromatic ring is 1. The lowest BCUT2D eigenvalue weighted by molar-refractivity contribution is -0.129. The van der Waals surface area contributed by atoms with Crippen molar-refractivity contribution in [2.75, 3.05) is 12.3 Å². The number of carboxylic acids is 1. The maximum Gasteiger partial charge on any atom is 0.362 e. The first kappa shape index (κ1) is 10.4. The predicted molar refractivity (Wildman–Crippen MR) is 50.1 cm³/mol. The van der Waals surface area contributed by atoms with Gasteiger partial charge < -0.3 is 15.7 Å². The van der Waals surface area contributed by atoms with Gasteiger partial charge in [-0.3, -0.25) is 0 Å². The molecule has 0 saturated heterocycles. The van der Waals surface area contributed by atoms with Gasteiger partial charge in [0.05, 0.1) is 0 Å². The summed E-state index contributed by atoms with van der Waals surface area (Å²) < 4.78 is 3.70. The number of hydrogen-bond acceptors (Lipinski definition) is 7. The quantitative estimate of drug-likeness (QED) is 0.539. The number of rotatable bonds is 4. The molecule has 8 heteroatoms. The second-order valence-corrected chi connectivity index (χ2v) is 2.90. The number of nitrogens with zero attached hydrogens (tertiary/aromatic N) is 3. The minimum Gasteiger partial charge on any atom is -0.476 e. The van der Waals surface area contributed by atoms with Crippen molar-refractivity contribution in [3.8, 4) is 0 Å². The van der Waals surface area contributed by atoms with E-state index in [9.17, 15) is 4.79 Å². The van der Waals surface area contributed by atoms with E-state index in [0.29, 0.717) is 0 Å². The molecule has 14 heavy (non-hydrogen) atoms. The normalized spacial score (nSPS) is 11.4. The van der Waals surface area contributed by atoms with Gasteiger partial charge in [-0.05, 0) is 6.92 Å². The van der Waals surface area contributed by atoms with Crippen LogP contribution in [0.1, 0.15) is 12.7 Å². The second kappa shape index (κ2) is 4.51. The third-order valence-corrected chi connectivity index (χ3v) is 1.68. The van der Waals surface area contributed by atoms with Crippen LogP contribution in [-0.4, -0.2) is 32.8 Å². The molecule has 0 unspecified atom stereocenters. The van der Waals surface area contributed by atoms with Gasteiger partial charge in [-0.15, -0.1) is 0 Å². The zero-order chi connectivity index (χ0) is 10.6. The smallest absolute Gasteiger partial charge is 0.362 e. The van der Waals surface area contributed by atoms with E-state index in [1.165, 1.54) is 0 Å². The average molecular weight is 216 g/mol. The maximum atomic E-state index is 10.7. The summed E-state index contributed by atoms with van der Waals surface area (Å²) in [5, 5.41) is 12.3. The first-order valence-corrected chi connectivity index (χ1v) is 4.45. The topological polar surface area (TPSA) is 111 Å². The monoisotopic (exact) mass is 216 g/mol. The van der Waals surface area contributed by atoms with Crippen molar-refractivity contribution < 1.29 is 14.7 Å². The molecule has 0 aliphatic rings. The zero-order valence-corrected chi connectivity index (χ0v) is 8.11. The number of aromatic nitrogens is 2. The zero-order valence-electron chi connectivity index (χ0n) is 7.30. The number of aliphatic carboxylic acids is 1. The molecule has 0 amide bonds. The van der Waals surface area contributed by atoms with Crippen LogP contribution in [0.25, 0.3) is 0 Å². The molecule has 3 N–H and O–H groups in total. The molecule has 0 aliphatic heterocycles. The molecular formula is C6H8N4O3S. The highest BCUT2D eigenvalue weighted by molar-refractivity contribution is 7.09. The predicted octanol–water partition coefficient (Wildman–Crippen LogP) is -0.0545. The van der Waals surface area contributed by atoms with Crippen LogP contribution in [0, 0.1) is 0 Å². The van der Waals surface area contributed by atoms with E-state index in [4.69, 9.17) is 10.8 Å². The molecule has 0 saturated carbocycles. The number of anilines is 1. The van der Waals surface area contributed by atoms with E-state index in [-0.39, 0.29) is 23.3 Å². The van der Waals surface area contributed by atoms with Crippen LogP contribution in [0.4, 0.5) is 5.13 Å². The maximum absolute atomic E-state index is 10.7. The summed E-state index contributed by atoms with van der Waals surface area (Å²) in [6.07, 6.45) is 0.